The fraction of sp³-hybridized carbons (Fsp3) is 0.200. The summed E-state index contributed by atoms with van der Waals surface area (Å²) >= 11 is 0. The van der Waals surface area contributed by atoms with Gasteiger partial charge < -0.3 is 16.0 Å². The van der Waals surface area contributed by atoms with Crippen LogP contribution in [0.4, 0.5) is 8.78 Å². The van der Waals surface area contributed by atoms with Crippen LogP contribution in [0.3, 0.4) is 0 Å². The first-order valence-corrected chi connectivity index (χ1v) is 6.44. The molecule has 0 amide bonds. The molecule has 0 fully saturated rings. The number of halogens is 2. The summed E-state index contributed by atoms with van der Waals surface area (Å²) in [6, 6.07) is 0. The number of hydrogen-bond acceptors (Lipinski definition) is 3. The van der Waals surface area contributed by atoms with Crippen molar-refractivity contribution in [3.63, 3.8) is 0 Å². The molecule has 3 nitrogen and oxygen atoms in total. The second kappa shape index (κ2) is 5.00. The molecule has 104 valence electrons. The lowest BCUT2D eigenvalue weighted by molar-refractivity contribution is 0.375. The summed E-state index contributed by atoms with van der Waals surface area (Å²) in [4.78, 5) is 1.98. The van der Waals surface area contributed by atoms with Gasteiger partial charge in [0, 0.05) is 24.4 Å². The van der Waals surface area contributed by atoms with Crippen molar-refractivity contribution in [1.29, 1.82) is 0 Å². The Hall–Kier alpha value is -2.30. The summed E-state index contributed by atoms with van der Waals surface area (Å²) in [7, 11) is 0. The number of nitrogens with two attached hydrogens (primary N) is 1. The van der Waals surface area contributed by atoms with Gasteiger partial charge in [-0.05, 0) is 18.2 Å². The Balaban J connectivity index is 1.81. The van der Waals surface area contributed by atoms with Crippen LogP contribution in [0.25, 0.3) is 0 Å². The Morgan fingerprint density at radius 3 is 3.05 bits per heavy atom. The first-order chi connectivity index (χ1) is 9.66. The zero-order chi connectivity index (χ0) is 14.1. The first kappa shape index (κ1) is 12.7. The Kier molecular flexibility index (Phi) is 3.18. The third-order valence-electron chi connectivity index (χ3n) is 3.47. The molecule has 3 N–H and O–H groups in total. The summed E-state index contributed by atoms with van der Waals surface area (Å²) < 4.78 is 27.6. The van der Waals surface area contributed by atoms with E-state index in [0.717, 1.165) is 5.70 Å². The van der Waals surface area contributed by atoms with Gasteiger partial charge in [0.1, 0.15) is 12.3 Å². The molecule has 3 aliphatic rings. The molecule has 0 radical (unpaired) electrons. The van der Waals surface area contributed by atoms with E-state index in [0.29, 0.717) is 0 Å². The second-order valence-electron chi connectivity index (χ2n) is 4.78. The summed E-state index contributed by atoms with van der Waals surface area (Å²) in [5, 5.41) is 3.16. The third-order valence-corrected chi connectivity index (χ3v) is 3.47. The molecule has 5 heteroatoms. The van der Waals surface area contributed by atoms with Crippen molar-refractivity contribution < 1.29 is 8.78 Å². The molecule has 2 atom stereocenters. The average Bonchev–Trinajstić information content (AvgIpc) is 2.87. The van der Waals surface area contributed by atoms with E-state index in [4.69, 9.17) is 5.73 Å². The zero-order valence-corrected chi connectivity index (χ0v) is 10.8. The lowest BCUT2D eigenvalue weighted by atomic mass is 9.99. The van der Waals surface area contributed by atoms with E-state index < -0.39 is 12.0 Å². The molecule has 0 aromatic carbocycles. The van der Waals surface area contributed by atoms with Crippen LogP contribution in [0, 0.1) is 0 Å². The molecule has 0 aromatic heterocycles. The van der Waals surface area contributed by atoms with Gasteiger partial charge in [0.15, 0.2) is 5.83 Å². The van der Waals surface area contributed by atoms with E-state index in [2.05, 4.69) is 5.32 Å². The predicted octanol–water partition coefficient (Wildman–Crippen LogP) is 2.51. The molecular formula is C15H15F2N3. The highest BCUT2D eigenvalue weighted by atomic mass is 19.1. The summed E-state index contributed by atoms with van der Waals surface area (Å²) in [6.45, 7) is 0. The number of nitrogens with one attached hydrogen (secondary N) is 1. The average molecular weight is 275 g/mol. The van der Waals surface area contributed by atoms with Gasteiger partial charge >= 0.3 is 0 Å². The molecule has 2 heterocycles. The molecule has 0 saturated heterocycles. The lowest BCUT2D eigenvalue weighted by Gasteiger charge is -2.24. The maximum atomic E-state index is 13.8. The SMILES string of the molecule is NC1=CCC(F)C(C=CC2=CNC3C=CC=CN23)=C1F. The van der Waals surface area contributed by atoms with E-state index in [1.54, 1.807) is 6.08 Å². The minimum Gasteiger partial charge on any atom is -0.397 e. The Labute approximate surface area is 116 Å². The molecule has 0 bridgehead atoms. The van der Waals surface area contributed by atoms with Gasteiger partial charge in [-0.3, -0.25) is 0 Å². The van der Waals surface area contributed by atoms with E-state index in [9.17, 15) is 8.78 Å². The fourth-order valence-electron chi connectivity index (χ4n) is 2.36. The quantitative estimate of drug-likeness (QED) is 0.813. The number of alkyl halides is 1. The number of fused-ring (bicyclic) bond motifs is 1. The minimum atomic E-state index is -1.35. The van der Waals surface area contributed by atoms with Crippen LogP contribution < -0.4 is 11.1 Å². The Bertz CT molecular complexity index is 596. The van der Waals surface area contributed by atoms with Crippen molar-refractivity contribution in [2.45, 2.75) is 18.8 Å². The van der Waals surface area contributed by atoms with Crippen molar-refractivity contribution >= 4 is 0 Å². The van der Waals surface area contributed by atoms with Crippen LogP contribution >= 0.6 is 0 Å². The van der Waals surface area contributed by atoms with Gasteiger partial charge in [-0.25, -0.2) is 8.78 Å². The van der Waals surface area contributed by atoms with Gasteiger partial charge in [0.2, 0.25) is 0 Å². The second-order valence-corrected chi connectivity index (χ2v) is 4.78. The molecule has 3 rings (SSSR count). The van der Waals surface area contributed by atoms with Crippen molar-refractivity contribution in [2.24, 2.45) is 5.73 Å². The first-order valence-electron chi connectivity index (χ1n) is 6.44. The maximum Gasteiger partial charge on any atom is 0.151 e. The lowest BCUT2D eigenvalue weighted by Crippen LogP contribution is -2.32. The van der Waals surface area contributed by atoms with Crippen LogP contribution in [0.1, 0.15) is 6.42 Å². The van der Waals surface area contributed by atoms with Gasteiger partial charge in [-0.2, -0.15) is 0 Å². The molecular weight excluding hydrogens is 260 g/mol. The minimum absolute atomic E-state index is 0.00545. The predicted molar refractivity (Wildman–Crippen MR) is 74.2 cm³/mol. The van der Waals surface area contributed by atoms with Crippen molar-refractivity contribution in [2.75, 3.05) is 0 Å². The number of rotatable bonds is 2. The summed E-state index contributed by atoms with van der Waals surface area (Å²) in [5.41, 5.74) is 6.35. The highest BCUT2D eigenvalue weighted by Gasteiger charge is 2.24. The van der Waals surface area contributed by atoms with Crippen LogP contribution in [-0.4, -0.2) is 17.2 Å². The normalized spacial score (nSPS) is 28.6. The van der Waals surface area contributed by atoms with E-state index in [1.165, 1.54) is 12.2 Å². The van der Waals surface area contributed by atoms with Crippen LogP contribution in [-0.2, 0) is 0 Å². The monoisotopic (exact) mass is 275 g/mol. The van der Waals surface area contributed by atoms with Crippen LogP contribution in [0.5, 0.6) is 0 Å². The van der Waals surface area contributed by atoms with E-state index in [1.807, 2.05) is 35.5 Å². The Morgan fingerprint density at radius 1 is 1.35 bits per heavy atom. The van der Waals surface area contributed by atoms with Crippen molar-refractivity contribution in [1.82, 2.24) is 10.2 Å². The highest BCUT2D eigenvalue weighted by Crippen LogP contribution is 2.28. The molecule has 0 spiro atoms. The van der Waals surface area contributed by atoms with Crippen LogP contribution in [0.15, 0.2) is 71.7 Å². The standard InChI is InChI=1S/C15H15F2N3/c16-12-6-7-13(18)15(17)11(12)5-4-10-9-19-14-3-1-2-8-20(10)14/h1-5,7-9,12,14,19H,6,18H2. The van der Waals surface area contributed by atoms with Crippen LogP contribution in [0.2, 0.25) is 0 Å². The summed E-state index contributed by atoms with van der Waals surface area (Å²) in [5.74, 6) is -0.669. The smallest absolute Gasteiger partial charge is 0.151 e. The zero-order valence-electron chi connectivity index (χ0n) is 10.8. The van der Waals surface area contributed by atoms with Gasteiger partial charge in [0.25, 0.3) is 0 Å². The summed E-state index contributed by atoms with van der Waals surface area (Å²) in [6.07, 6.45) is 12.9. The molecule has 2 unspecified atom stereocenters. The maximum absolute atomic E-state index is 13.8. The topological polar surface area (TPSA) is 41.3 Å². The largest absolute Gasteiger partial charge is 0.397 e. The Morgan fingerprint density at radius 2 is 2.20 bits per heavy atom. The van der Waals surface area contributed by atoms with Gasteiger partial charge in [-0.15, -0.1) is 0 Å². The van der Waals surface area contributed by atoms with Gasteiger partial charge in [0.05, 0.1) is 11.4 Å². The highest BCUT2D eigenvalue weighted by molar-refractivity contribution is 5.43. The molecule has 1 aliphatic carbocycles. The number of nitrogens with zero attached hydrogens (tertiary/aromatic N) is 1. The fourth-order valence-corrected chi connectivity index (χ4v) is 2.36. The van der Waals surface area contributed by atoms with E-state index in [-0.39, 0.29) is 23.9 Å². The molecule has 20 heavy (non-hydrogen) atoms. The van der Waals surface area contributed by atoms with E-state index >= 15 is 0 Å². The molecule has 2 aliphatic heterocycles. The molecule has 0 saturated carbocycles. The number of hydrogen-bond donors (Lipinski definition) is 2. The van der Waals surface area contributed by atoms with Crippen molar-refractivity contribution in [3.05, 3.63) is 71.7 Å². The third kappa shape index (κ3) is 2.15. The van der Waals surface area contributed by atoms with Crippen molar-refractivity contribution in [3.8, 4) is 0 Å². The van der Waals surface area contributed by atoms with Gasteiger partial charge in [-0.1, -0.05) is 18.2 Å². The molecule has 0 aromatic rings. The number of allylic oxidation sites excluding steroid dienone is 7.